The molecule has 3 aromatic rings. The van der Waals surface area contributed by atoms with Crippen LogP contribution in [0, 0.1) is 0 Å². The molecule has 0 saturated heterocycles. The van der Waals surface area contributed by atoms with E-state index in [0.717, 1.165) is 36.1 Å². The Hall–Kier alpha value is -3.00. The first-order chi connectivity index (χ1) is 13.1. The van der Waals surface area contributed by atoms with Crippen LogP contribution in [0.15, 0.2) is 40.5 Å². The predicted molar refractivity (Wildman–Crippen MR) is 104 cm³/mol. The number of nitrogens with zero attached hydrogens (tertiary/aromatic N) is 3. The van der Waals surface area contributed by atoms with Crippen molar-refractivity contribution in [3.63, 3.8) is 0 Å². The van der Waals surface area contributed by atoms with Crippen molar-refractivity contribution in [1.82, 2.24) is 15.0 Å². The summed E-state index contributed by atoms with van der Waals surface area (Å²) in [7, 11) is 0. The third-order valence-corrected chi connectivity index (χ3v) is 5.79. The molecule has 8 heteroatoms. The fraction of sp³-hybridized carbons (Fsp3) is 0.263. The second kappa shape index (κ2) is 7.32. The molecule has 0 unspecified atom stereocenters. The molecule has 0 radical (unpaired) electrons. The fourth-order valence-electron chi connectivity index (χ4n) is 3.25. The first kappa shape index (κ1) is 17.4. The number of carbonyl (C=O) groups excluding carboxylic acids is 1. The van der Waals surface area contributed by atoms with Gasteiger partial charge in [-0.15, -0.1) is 11.3 Å². The lowest BCUT2D eigenvalue weighted by Crippen LogP contribution is -2.30. The molecule has 4 rings (SSSR count). The molecule has 0 bridgehead atoms. The van der Waals surface area contributed by atoms with Gasteiger partial charge in [0.15, 0.2) is 0 Å². The summed E-state index contributed by atoms with van der Waals surface area (Å²) in [4.78, 5) is 31.3. The number of nitrogens with one attached hydrogen (secondary N) is 1. The van der Waals surface area contributed by atoms with E-state index in [9.17, 15) is 14.7 Å². The van der Waals surface area contributed by atoms with E-state index in [1.54, 1.807) is 29.5 Å². The van der Waals surface area contributed by atoms with Crippen LogP contribution < -0.4 is 11.0 Å². The molecule has 7 nitrogen and oxygen atoms in total. The van der Waals surface area contributed by atoms with Crippen LogP contribution in [-0.4, -0.2) is 26.8 Å². The summed E-state index contributed by atoms with van der Waals surface area (Å²) < 4.78 is 1.31. The van der Waals surface area contributed by atoms with Gasteiger partial charge in [-0.05, 0) is 43.4 Å². The highest BCUT2D eigenvalue weighted by molar-refractivity contribution is 7.18. The molecule has 0 atom stereocenters. The van der Waals surface area contributed by atoms with Gasteiger partial charge >= 0.3 is 0 Å². The average Bonchev–Trinajstić information content (AvgIpc) is 3.05. The number of amides is 1. The number of benzene rings is 1. The third-order valence-electron chi connectivity index (χ3n) is 4.59. The lowest BCUT2D eigenvalue weighted by molar-refractivity contribution is -0.121. The van der Waals surface area contributed by atoms with Crippen LogP contribution in [0.1, 0.15) is 28.8 Å². The highest BCUT2D eigenvalue weighted by Crippen LogP contribution is 2.33. The molecule has 0 fully saturated rings. The Bertz CT molecular complexity index is 1100. The van der Waals surface area contributed by atoms with Gasteiger partial charge in [0, 0.05) is 10.4 Å². The molecule has 1 amide bonds. The van der Waals surface area contributed by atoms with Gasteiger partial charge in [0.1, 0.15) is 17.1 Å². The second-order valence-corrected chi connectivity index (χ2v) is 7.50. The average molecular weight is 382 g/mol. The van der Waals surface area contributed by atoms with Gasteiger partial charge in [-0.25, -0.2) is 10.4 Å². The number of aromatic nitrogens is 2. The Balaban J connectivity index is 1.51. The number of aryl methyl sites for hydroxylation is 2. The van der Waals surface area contributed by atoms with E-state index < -0.39 is 5.91 Å². The van der Waals surface area contributed by atoms with Crippen LogP contribution in [0.5, 0.6) is 5.75 Å². The lowest BCUT2D eigenvalue weighted by Gasteiger charge is -2.10. The maximum Gasteiger partial charge on any atom is 0.262 e. The van der Waals surface area contributed by atoms with Gasteiger partial charge in [-0.1, -0.05) is 12.1 Å². The van der Waals surface area contributed by atoms with Crippen LogP contribution in [-0.2, 0) is 24.2 Å². The number of hydrogen-bond acceptors (Lipinski definition) is 6. The van der Waals surface area contributed by atoms with Crippen LogP contribution in [0.2, 0.25) is 0 Å². The van der Waals surface area contributed by atoms with Crippen molar-refractivity contribution >= 4 is 33.7 Å². The molecule has 0 saturated carbocycles. The van der Waals surface area contributed by atoms with Crippen molar-refractivity contribution in [2.24, 2.45) is 5.10 Å². The number of carbonyl (C=O) groups is 1. The molecule has 1 aliphatic carbocycles. The van der Waals surface area contributed by atoms with Gasteiger partial charge < -0.3 is 5.11 Å². The van der Waals surface area contributed by atoms with Crippen LogP contribution in [0.3, 0.4) is 0 Å². The lowest BCUT2D eigenvalue weighted by atomic mass is 9.97. The normalized spacial score (nSPS) is 13.8. The number of phenols is 1. The number of hydrazone groups is 1. The highest BCUT2D eigenvalue weighted by atomic mass is 32.1. The Labute approximate surface area is 159 Å². The maximum absolute atomic E-state index is 12.8. The molecule has 2 N–H and O–H groups in total. The molecule has 0 spiro atoms. The summed E-state index contributed by atoms with van der Waals surface area (Å²) in [5.41, 5.74) is 3.78. The summed E-state index contributed by atoms with van der Waals surface area (Å²) >= 11 is 1.58. The molecule has 1 aromatic carbocycles. The quantitative estimate of drug-likeness (QED) is 0.534. The first-order valence-corrected chi connectivity index (χ1v) is 9.54. The van der Waals surface area contributed by atoms with Crippen molar-refractivity contribution in [3.05, 3.63) is 57.0 Å². The summed E-state index contributed by atoms with van der Waals surface area (Å²) in [6.07, 6.45) is 6.89. The minimum Gasteiger partial charge on any atom is -0.507 e. The summed E-state index contributed by atoms with van der Waals surface area (Å²) in [5, 5.41) is 14.2. The van der Waals surface area contributed by atoms with E-state index in [0.29, 0.717) is 10.9 Å². The number of para-hydroxylation sites is 1. The molecule has 27 heavy (non-hydrogen) atoms. The van der Waals surface area contributed by atoms with Crippen molar-refractivity contribution < 1.29 is 9.90 Å². The van der Waals surface area contributed by atoms with Gasteiger partial charge in [-0.3, -0.25) is 14.2 Å². The zero-order valence-electron chi connectivity index (χ0n) is 14.5. The number of rotatable bonds is 4. The molecule has 1 aliphatic rings. The minimum absolute atomic E-state index is 0.0728. The van der Waals surface area contributed by atoms with Gasteiger partial charge in [0.2, 0.25) is 0 Å². The van der Waals surface area contributed by atoms with Crippen molar-refractivity contribution in [1.29, 1.82) is 0 Å². The van der Waals surface area contributed by atoms with Crippen molar-refractivity contribution in [2.45, 2.75) is 32.2 Å². The van der Waals surface area contributed by atoms with Crippen molar-refractivity contribution in [2.75, 3.05) is 0 Å². The molecular formula is C19H18N4O3S. The molecule has 2 aromatic heterocycles. The van der Waals surface area contributed by atoms with E-state index >= 15 is 0 Å². The van der Waals surface area contributed by atoms with E-state index in [2.05, 4.69) is 15.5 Å². The van der Waals surface area contributed by atoms with E-state index in [4.69, 9.17) is 0 Å². The van der Waals surface area contributed by atoms with Crippen LogP contribution >= 0.6 is 11.3 Å². The highest BCUT2D eigenvalue weighted by Gasteiger charge is 2.20. The SMILES string of the molecule is O=C(Cn1cnc2sc3c(c2c1=O)CCCC3)N/N=C\c1ccccc1O. The number of thiophene rings is 1. The maximum atomic E-state index is 12.8. The Morgan fingerprint density at radius 2 is 2.15 bits per heavy atom. The second-order valence-electron chi connectivity index (χ2n) is 6.42. The molecule has 0 aliphatic heterocycles. The van der Waals surface area contributed by atoms with Crippen LogP contribution in [0.4, 0.5) is 0 Å². The first-order valence-electron chi connectivity index (χ1n) is 8.73. The standard InChI is InChI=1S/C19H18N4O3S/c24-14-7-3-1-5-12(14)9-21-22-16(25)10-23-11-20-18-17(19(23)26)13-6-2-4-8-15(13)27-18/h1,3,5,7,9,11,24H,2,4,6,8,10H2,(H,22,25)/b21-9-. The summed E-state index contributed by atoms with van der Waals surface area (Å²) in [6, 6.07) is 6.66. The summed E-state index contributed by atoms with van der Waals surface area (Å²) in [5.74, 6) is -0.363. The zero-order chi connectivity index (χ0) is 18.8. The number of aromatic hydroxyl groups is 1. The Kier molecular flexibility index (Phi) is 4.72. The Morgan fingerprint density at radius 1 is 1.33 bits per heavy atom. The van der Waals surface area contributed by atoms with E-state index in [1.165, 1.54) is 28.1 Å². The number of hydrogen-bond donors (Lipinski definition) is 2. The summed E-state index contributed by atoms with van der Waals surface area (Å²) in [6.45, 7) is -0.162. The van der Waals surface area contributed by atoms with E-state index in [1.807, 2.05) is 0 Å². The Morgan fingerprint density at radius 3 is 3.00 bits per heavy atom. The zero-order valence-corrected chi connectivity index (χ0v) is 15.3. The van der Waals surface area contributed by atoms with Gasteiger partial charge in [-0.2, -0.15) is 5.10 Å². The number of phenolic OH excluding ortho intramolecular Hbond substituents is 1. The number of fused-ring (bicyclic) bond motifs is 3. The topological polar surface area (TPSA) is 96.6 Å². The smallest absolute Gasteiger partial charge is 0.262 e. The minimum atomic E-state index is -0.436. The van der Waals surface area contributed by atoms with Gasteiger partial charge in [0.25, 0.3) is 11.5 Å². The van der Waals surface area contributed by atoms with Crippen LogP contribution in [0.25, 0.3) is 10.2 Å². The van der Waals surface area contributed by atoms with Crippen molar-refractivity contribution in [3.8, 4) is 5.75 Å². The molecule has 138 valence electrons. The third kappa shape index (κ3) is 3.48. The largest absolute Gasteiger partial charge is 0.507 e. The predicted octanol–water partition coefficient (Wildman–Crippen LogP) is 2.19. The van der Waals surface area contributed by atoms with E-state index in [-0.39, 0.29) is 17.9 Å². The van der Waals surface area contributed by atoms with Gasteiger partial charge in [0.05, 0.1) is 17.9 Å². The fourth-order valence-corrected chi connectivity index (χ4v) is 4.47. The molecule has 2 heterocycles. The molecular weight excluding hydrogens is 364 g/mol. The monoisotopic (exact) mass is 382 g/mol.